The van der Waals surface area contributed by atoms with Crippen molar-refractivity contribution in [1.29, 1.82) is 0 Å². The van der Waals surface area contributed by atoms with Gasteiger partial charge in [-0.15, -0.1) is 0 Å². The zero-order valence-electron chi connectivity index (χ0n) is 15.0. The van der Waals surface area contributed by atoms with Gasteiger partial charge in [-0.2, -0.15) is 0 Å². The van der Waals surface area contributed by atoms with Crippen LogP contribution >= 0.6 is 0 Å². The molecule has 2 atom stereocenters. The monoisotopic (exact) mass is 334 g/mol. The van der Waals surface area contributed by atoms with Crippen molar-refractivity contribution >= 4 is 5.91 Å². The van der Waals surface area contributed by atoms with Crippen LogP contribution in [0, 0.1) is 5.92 Å². The van der Waals surface area contributed by atoms with Gasteiger partial charge in [-0.1, -0.05) is 6.92 Å². The SMILES string of the molecule is CCN1CCN(C(=O)CC[C@@H]2CCCOC2)C[C@H]1c1nccn1C. The molecular formula is C18H30N4O2. The highest BCUT2D eigenvalue weighted by Crippen LogP contribution is 2.25. The third-order valence-electron chi connectivity index (χ3n) is 5.43. The van der Waals surface area contributed by atoms with E-state index in [4.69, 9.17) is 4.74 Å². The fourth-order valence-corrected chi connectivity index (χ4v) is 3.89. The van der Waals surface area contributed by atoms with E-state index in [1.165, 1.54) is 6.42 Å². The van der Waals surface area contributed by atoms with Crippen LogP contribution in [0.15, 0.2) is 12.4 Å². The number of nitrogens with zero attached hydrogens (tertiary/aromatic N) is 4. The highest BCUT2D eigenvalue weighted by molar-refractivity contribution is 5.76. The number of rotatable bonds is 5. The van der Waals surface area contributed by atoms with Crippen LogP contribution in [0.1, 0.15) is 44.5 Å². The fourth-order valence-electron chi connectivity index (χ4n) is 3.89. The highest BCUT2D eigenvalue weighted by Gasteiger charge is 2.32. The molecule has 2 saturated heterocycles. The standard InChI is InChI=1S/C18H30N4O2/c1-3-21-10-11-22(13-16(21)18-19-8-9-20(18)2)17(23)7-6-15-5-4-12-24-14-15/h8-9,15-16H,3-7,10-14H2,1-2H3/t15-,16-/m0/s1. The molecule has 3 heterocycles. The van der Waals surface area contributed by atoms with Crippen molar-refractivity contribution in [2.24, 2.45) is 13.0 Å². The Morgan fingerprint density at radius 3 is 2.96 bits per heavy atom. The molecule has 2 aliphatic rings. The topological polar surface area (TPSA) is 50.6 Å². The Morgan fingerprint density at radius 1 is 1.42 bits per heavy atom. The number of aromatic nitrogens is 2. The number of carbonyl (C=O) groups excluding carboxylic acids is 1. The Morgan fingerprint density at radius 2 is 2.29 bits per heavy atom. The van der Waals surface area contributed by atoms with E-state index in [-0.39, 0.29) is 11.9 Å². The Hall–Kier alpha value is -1.40. The van der Waals surface area contributed by atoms with Crippen molar-refractivity contribution in [3.63, 3.8) is 0 Å². The molecule has 1 amide bonds. The van der Waals surface area contributed by atoms with E-state index in [0.29, 0.717) is 12.3 Å². The number of likely N-dealkylation sites (N-methyl/N-ethyl adjacent to an activating group) is 1. The van der Waals surface area contributed by atoms with Crippen LogP contribution in [0.4, 0.5) is 0 Å². The molecular weight excluding hydrogens is 304 g/mol. The third-order valence-corrected chi connectivity index (χ3v) is 5.43. The normalized spacial score (nSPS) is 25.8. The van der Waals surface area contributed by atoms with E-state index in [0.717, 1.165) is 58.1 Å². The van der Waals surface area contributed by atoms with Gasteiger partial charge in [-0.25, -0.2) is 4.98 Å². The maximum Gasteiger partial charge on any atom is 0.222 e. The maximum absolute atomic E-state index is 12.7. The number of hydrogen-bond donors (Lipinski definition) is 0. The average molecular weight is 334 g/mol. The van der Waals surface area contributed by atoms with Gasteiger partial charge in [0.15, 0.2) is 0 Å². The number of piperazine rings is 1. The van der Waals surface area contributed by atoms with Gasteiger partial charge in [0.05, 0.1) is 6.04 Å². The van der Waals surface area contributed by atoms with Gasteiger partial charge in [0.25, 0.3) is 0 Å². The molecule has 0 bridgehead atoms. The van der Waals surface area contributed by atoms with Gasteiger partial charge in [0.2, 0.25) is 5.91 Å². The van der Waals surface area contributed by atoms with Crippen molar-refractivity contribution in [2.45, 2.75) is 38.6 Å². The fraction of sp³-hybridized carbons (Fsp3) is 0.778. The minimum atomic E-state index is 0.200. The first-order chi connectivity index (χ1) is 11.7. The lowest BCUT2D eigenvalue weighted by atomic mass is 9.96. The second kappa shape index (κ2) is 8.12. The predicted octanol–water partition coefficient (Wildman–Crippen LogP) is 1.83. The Labute approximate surface area is 144 Å². The summed E-state index contributed by atoms with van der Waals surface area (Å²) < 4.78 is 7.60. The summed E-state index contributed by atoms with van der Waals surface area (Å²) in [6.45, 7) is 7.37. The largest absolute Gasteiger partial charge is 0.381 e. The summed E-state index contributed by atoms with van der Waals surface area (Å²) in [6.07, 6.45) is 7.76. The number of ether oxygens (including phenoxy) is 1. The smallest absolute Gasteiger partial charge is 0.222 e. The van der Waals surface area contributed by atoms with Gasteiger partial charge in [-0.3, -0.25) is 9.69 Å². The molecule has 1 aromatic rings. The van der Waals surface area contributed by atoms with E-state index >= 15 is 0 Å². The Bertz CT molecular complexity index is 539. The van der Waals surface area contributed by atoms with Gasteiger partial charge in [0, 0.05) is 58.7 Å². The van der Waals surface area contributed by atoms with E-state index in [2.05, 4.69) is 21.4 Å². The minimum absolute atomic E-state index is 0.200. The number of amides is 1. The van der Waals surface area contributed by atoms with Crippen molar-refractivity contribution in [3.05, 3.63) is 18.2 Å². The zero-order valence-corrected chi connectivity index (χ0v) is 15.0. The minimum Gasteiger partial charge on any atom is -0.381 e. The first-order valence-electron chi connectivity index (χ1n) is 9.25. The Kier molecular flexibility index (Phi) is 5.89. The summed E-state index contributed by atoms with van der Waals surface area (Å²) in [6, 6.07) is 0.200. The quantitative estimate of drug-likeness (QED) is 0.824. The van der Waals surface area contributed by atoms with Crippen molar-refractivity contribution < 1.29 is 9.53 Å². The van der Waals surface area contributed by atoms with E-state index in [1.54, 1.807) is 0 Å². The molecule has 0 saturated carbocycles. The molecule has 24 heavy (non-hydrogen) atoms. The van der Waals surface area contributed by atoms with Gasteiger partial charge in [0.1, 0.15) is 5.82 Å². The van der Waals surface area contributed by atoms with Crippen molar-refractivity contribution in [1.82, 2.24) is 19.4 Å². The second-order valence-corrected chi connectivity index (χ2v) is 7.00. The van der Waals surface area contributed by atoms with Crippen LogP contribution in [0.25, 0.3) is 0 Å². The molecule has 6 nitrogen and oxygen atoms in total. The first-order valence-corrected chi connectivity index (χ1v) is 9.25. The molecule has 0 aliphatic carbocycles. The zero-order chi connectivity index (χ0) is 16.9. The average Bonchev–Trinajstić information content (AvgIpc) is 3.05. The number of imidazole rings is 1. The summed E-state index contributed by atoms with van der Waals surface area (Å²) in [7, 11) is 2.03. The van der Waals surface area contributed by atoms with Crippen molar-refractivity contribution in [3.8, 4) is 0 Å². The summed E-state index contributed by atoms with van der Waals surface area (Å²) >= 11 is 0. The Balaban J connectivity index is 1.57. The molecule has 0 spiro atoms. The van der Waals surface area contributed by atoms with Crippen molar-refractivity contribution in [2.75, 3.05) is 39.4 Å². The molecule has 6 heteroatoms. The lowest BCUT2D eigenvalue weighted by Crippen LogP contribution is -2.51. The molecule has 3 rings (SSSR count). The van der Waals surface area contributed by atoms with E-state index in [9.17, 15) is 4.79 Å². The highest BCUT2D eigenvalue weighted by atomic mass is 16.5. The second-order valence-electron chi connectivity index (χ2n) is 7.00. The summed E-state index contributed by atoms with van der Waals surface area (Å²) in [5.41, 5.74) is 0. The number of hydrogen-bond acceptors (Lipinski definition) is 4. The summed E-state index contributed by atoms with van der Waals surface area (Å²) in [5, 5.41) is 0. The van der Waals surface area contributed by atoms with Gasteiger partial charge < -0.3 is 14.2 Å². The molecule has 2 fully saturated rings. The van der Waals surface area contributed by atoms with Gasteiger partial charge in [-0.05, 0) is 31.7 Å². The van der Waals surface area contributed by atoms with E-state index in [1.807, 2.05) is 24.3 Å². The van der Waals surface area contributed by atoms with Crippen LogP contribution in [0.5, 0.6) is 0 Å². The van der Waals surface area contributed by atoms with Crippen LogP contribution in [-0.4, -0.2) is 64.7 Å². The van der Waals surface area contributed by atoms with Crippen LogP contribution in [0.2, 0.25) is 0 Å². The third kappa shape index (κ3) is 3.98. The molecule has 0 aromatic carbocycles. The summed E-state index contributed by atoms with van der Waals surface area (Å²) in [4.78, 5) is 21.6. The van der Waals surface area contributed by atoms with Crippen LogP contribution in [-0.2, 0) is 16.6 Å². The van der Waals surface area contributed by atoms with Crippen LogP contribution < -0.4 is 0 Å². The molecule has 2 aliphatic heterocycles. The first kappa shape index (κ1) is 17.4. The number of aryl methyl sites for hydroxylation is 1. The lowest BCUT2D eigenvalue weighted by Gasteiger charge is -2.40. The molecule has 1 aromatic heterocycles. The van der Waals surface area contributed by atoms with Gasteiger partial charge >= 0.3 is 0 Å². The predicted molar refractivity (Wildman–Crippen MR) is 92.6 cm³/mol. The lowest BCUT2D eigenvalue weighted by molar-refractivity contribution is -0.135. The molecule has 0 N–H and O–H groups in total. The van der Waals surface area contributed by atoms with E-state index < -0.39 is 0 Å². The maximum atomic E-state index is 12.7. The van der Waals surface area contributed by atoms with Crippen LogP contribution in [0.3, 0.4) is 0 Å². The number of carbonyl (C=O) groups is 1. The molecule has 134 valence electrons. The summed E-state index contributed by atoms with van der Waals surface area (Å²) in [5.74, 6) is 1.90. The molecule has 0 unspecified atom stereocenters. The molecule has 0 radical (unpaired) electrons.